The number of benzene rings is 2. The molecular formula is C18H12O3. The Hall–Kier alpha value is -2.94. The van der Waals surface area contributed by atoms with Crippen LogP contribution in [0.3, 0.4) is 0 Å². The van der Waals surface area contributed by atoms with E-state index in [0.29, 0.717) is 11.1 Å². The van der Waals surface area contributed by atoms with Gasteiger partial charge in [-0.15, -0.1) is 0 Å². The fourth-order valence-corrected chi connectivity index (χ4v) is 2.15. The van der Waals surface area contributed by atoms with Crippen LogP contribution in [0.5, 0.6) is 0 Å². The molecule has 1 aromatic heterocycles. The van der Waals surface area contributed by atoms with Crippen molar-refractivity contribution in [1.29, 1.82) is 0 Å². The average molecular weight is 276 g/mol. The first-order valence-corrected chi connectivity index (χ1v) is 6.54. The van der Waals surface area contributed by atoms with Crippen LogP contribution >= 0.6 is 0 Å². The predicted molar refractivity (Wildman–Crippen MR) is 80.5 cm³/mol. The highest BCUT2D eigenvalue weighted by molar-refractivity contribution is 6.21. The molecular weight excluding hydrogens is 264 g/mol. The Balaban J connectivity index is 0.000000131. The minimum absolute atomic E-state index is 0.0924. The van der Waals surface area contributed by atoms with Crippen LogP contribution in [0.4, 0.5) is 0 Å². The maximum atomic E-state index is 11.2. The molecule has 2 aromatic carbocycles. The molecule has 1 aliphatic rings. The fraction of sp³-hybridized carbons (Fsp3) is 0. The van der Waals surface area contributed by atoms with Crippen molar-refractivity contribution in [1.82, 2.24) is 0 Å². The molecule has 0 radical (unpaired) electrons. The molecule has 3 nitrogen and oxygen atoms in total. The van der Waals surface area contributed by atoms with Crippen molar-refractivity contribution in [3.8, 4) is 0 Å². The van der Waals surface area contributed by atoms with Gasteiger partial charge in [-0.05, 0) is 24.3 Å². The number of hydrogen-bond donors (Lipinski definition) is 0. The number of carbonyl (C=O) groups excluding carboxylic acids is 2. The van der Waals surface area contributed by atoms with E-state index in [1.165, 1.54) is 12.2 Å². The predicted octanol–water partition coefficient (Wildman–Crippen LogP) is 4.05. The number of fused-ring (bicyclic) bond motifs is 2. The molecule has 0 atom stereocenters. The second kappa shape index (κ2) is 5.59. The van der Waals surface area contributed by atoms with Crippen molar-refractivity contribution in [2.45, 2.75) is 0 Å². The minimum Gasteiger partial charge on any atom is -0.464 e. The summed E-state index contributed by atoms with van der Waals surface area (Å²) in [6.45, 7) is 0. The quantitative estimate of drug-likeness (QED) is 0.622. The number of ketones is 2. The Morgan fingerprint density at radius 2 is 1.24 bits per heavy atom. The molecule has 102 valence electrons. The summed E-state index contributed by atoms with van der Waals surface area (Å²) >= 11 is 0. The van der Waals surface area contributed by atoms with Crippen molar-refractivity contribution >= 4 is 22.5 Å². The van der Waals surface area contributed by atoms with Crippen LogP contribution in [0, 0.1) is 0 Å². The summed E-state index contributed by atoms with van der Waals surface area (Å²) in [5, 5.41) is 1.16. The highest BCUT2D eigenvalue weighted by atomic mass is 16.3. The van der Waals surface area contributed by atoms with E-state index in [1.807, 2.05) is 30.3 Å². The van der Waals surface area contributed by atoms with Gasteiger partial charge in [0.2, 0.25) is 0 Å². The number of rotatable bonds is 0. The maximum absolute atomic E-state index is 11.2. The van der Waals surface area contributed by atoms with Gasteiger partial charge in [0.1, 0.15) is 5.58 Å². The van der Waals surface area contributed by atoms with Crippen LogP contribution in [0.15, 0.2) is 77.4 Å². The highest BCUT2D eigenvalue weighted by Crippen LogP contribution is 2.15. The molecule has 1 heterocycles. The van der Waals surface area contributed by atoms with Crippen molar-refractivity contribution in [2.75, 3.05) is 0 Å². The van der Waals surface area contributed by atoms with Crippen LogP contribution in [0.2, 0.25) is 0 Å². The molecule has 3 heteroatoms. The zero-order chi connectivity index (χ0) is 14.7. The van der Waals surface area contributed by atoms with Gasteiger partial charge in [0.15, 0.2) is 11.6 Å². The molecule has 3 aromatic rings. The van der Waals surface area contributed by atoms with Gasteiger partial charge in [0.05, 0.1) is 6.26 Å². The zero-order valence-corrected chi connectivity index (χ0v) is 11.2. The fourth-order valence-electron chi connectivity index (χ4n) is 2.15. The maximum Gasteiger partial charge on any atom is 0.186 e. The second-order valence-electron chi connectivity index (χ2n) is 4.57. The highest BCUT2D eigenvalue weighted by Gasteiger charge is 2.16. The van der Waals surface area contributed by atoms with E-state index < -0.39 is 0 Å². The molecule has 0 amide bonds. The van der Waals surface area contributed by atoms with E-state index in [-0.39, 0.29) is 11.6 Å². The Morgan fingerprint density at radius 1 is 0.667 bits per heavy atom. The van der Waals surface area contributed by atoms with Gasteiger partial charge in [0, 0.05) is 16.5 Å². The van der Waals surface area contributed by atoms with Crippen LogP contribution < -0.4 is 0 Å². The average Bonchev–Trinajstić information content (AvgIpc) is 3.01. The summed E-state index contributed by atoms with van der Waals surface area (Å²) in [5.74, 6) is -0.185. The van der Waals surface area contributed by atoms with Gasteiger partial charge in [-0.1, -0.05) is 42.5 Å². The van der Waals surface area contributed by atoms with Gasteiger partial charge in [-0.3, -0.25) is 9.59 Å². The van der Waals surface area contributed by atoms with Gasteiger partial charge >= 0.3 is 0 Å². The minimum atomic E-state index is -0.0924. The molecule has 0 spiro atoms. The Bertz CT molecular complexity index is 773. The standard InChI is InChI=1S/C10H6O2.C8H6O/c11-9-5-6-10(12)8-4-2-1-3-7(8)9;1-2-4-8-7(3-1)5-6-9-8/h1-6H;1-6H. The zero-order valence-electron chi connectivity index (χ0n) is 11.2. The first kappa shape index (κ1) is 13.1. The Labute approximate surface area is 121 Å². The first-order chi connectivity index (χ1) is 10.3. The summed E-state index contributed by atoms with van der Waals surface area (Å²) in [5.41, 5.74) is 1.97. The SMILES string of the molecule is O=C1C=CC(=O)c2ccccc21.c1ccc2occc2c1. The summed E-state index contributed by atoms with van der Waals surface area (Å²) in [4.78, 5) is 22.4. The Morgan fingerprint density at radius 3 is 1.86 bits per heavy atom. The second-order valence-corrected chi connectivity index (χ2v) is 4.57. The molecule has 0 fully saturated rings. The normalized spacial score (nSPS) is 12.8. The van der Waals surface area contributed by atoms with Gasteiger partial charge in [0.25, 0.3) is 0 Å². The summed E-state index contributed by atoms with van der Waals surface area (Å²) in [6.07, 6.45) is 4.32. The number of carbonyl (C=O) groups is 2. The van der Waals surface area contributed by atoms with Crippen LogP contribution in [-0.4, -0.2) is 11.6 Å². The molecule has 0 unspecified atom stereocenters. The first-order valence-electron chi connectivity index (χ1n) is 6.54. The van der Waals surface area contributed by atoms with E-state index in [2.05, 4.69) is 0 Å². The Kier molecular flexibility index (Phi) is 3.48. The topological polar surface area (TPSA) is 47.3 Å². The van der Waals surface area contributed by atoms with E-state index in [1.54, 1.807) is 30.5 Å². The molecule has 0 saturated carbocycles. The molecule has 4 rings (SSSR count). The smallest absolute Gasteiger partial charge is 0.186 e. The third-order valence-corrected chi connectivity index (χ3v) is 3.21. The van der Waals surface area contributed by atoms with E-state index in [4.69, 9.17) is 4.42 Å². The summed E-state index contributed by atoms with van der Waals surface area (Å²) in [6, 6.07) is 16.7. The van der Waals surface area contributed by atoms with E-state index in [9.17, 15) is 9.59 Å². The van der Waals surface area contributed by atoms with Crippen molar-refractivity contribution in [3.63, 3.8) is 0 Å². The number of furan rings is 1. The monoisotopic (exact) mass is 276 g/mol. The molecule has 0 N–H and O–H groups in total. The van der Waals surface area contributed by atoms with Crippen molar-refractivity contribution < 1.29 is 14.0 Å². The van der Waals surface area contributed by atoms with Crippen LogP contribution in [-0.2, 0) is 0 Å². The van der Waals surface area contributed by atoms with Crippen LogP contribution in [0.25, 0.3) is 11.0 Å². The number of hydrogen-bond acceptors (Lipinski definition) is 3. The van der Waals surface area contributed by atoms with Gasteiger partial charge in [-0.2, -0.15) is 0 Å². The lowest BCUT2D eigenvalue weighted by Crippen LogP contribution is -2.10. The van der Waals surface area contributed by atoms with Gasteiger partial charge in [-0.25, -0.2) is 0 Å². The molecule has 1 aliphatic carbocycles. The molecule has 0 bridgehead atoms. The lowest BCUT2D eigenvalue weighted by atomic mass is 9.95. The van der Waals surface area contributed by atoms with E-state index >= 15 is 0 Å². The van der Waals surface area contributed by atoms with Crippen LogP contribution in [0.1, 0.15) is 20.7 Å². The molecule has 21 heavy (non-hydrogen) atoms. The third kappa shape index (κ3) is 2.67. The molecule has 0 saturated heterocycles. The lowest BCUT2D eigenvalue weighted by Gasteiger charge is -2.06. The van der Waals surface area contributed by atoms with E-state index in [0.717, 1.165) is 11.0 Å². The van der Waals surface area contributed by atoms with Crippen molar-refractivity contribution in [3.05, 3.63) is 84.1 Å². The number of allylic oxidation sites excluding steroid dienone is 2. The summed E-state index contributed by atoms with van der Waals surface area (Å²) < 4.78 is 5.12. The largest absolute Gasteiger partial charge is 0.464 e. The van der Waals surface area contributed by atoms with Crippen molar-refractivity contribution in [2.24, 2.45) is 0 Å². The lowest BCUT2D eigenvalue weighted by molar-refractivity contribution is 0.0994. The van der Waals surface area contributed by atoms with Gasteiger partial charge < -0.3 is 4.42 Å². The molecule has 0 aliphatic heterocycles. The third-order valence-electron chi connectivity index (χ3n) is 3.21. The number of para-hydroxylation sites is 1. The summed E-state index contributed by atoms with van der Waals surface area (Å²) in [7, 11) is 0.